The van der Waals surface area contributed by atoms with Crippen LogP contribution in [-0.2, 0) is 10.0 Å². The normalized spacial score (nSPS) is 16.0. The summed E-state index contributed by atoms with van der Waals surface area (Å²) < 4.78 is 28.0. The van der Waals surface area contributed by atoms with Crippen molar-refractivity contribution in [2.75, 3.05) is 0 Å². The van der Waals surface area contributed by atoms with Crippen LogP contribution in [0.2, 0.25) is 0 Å². The van der Waals surface area contributed by atoms with E-state index < -0.39 is 20.6 Å². The van der Waals surface area contributed by atoms with E-state index in [1.165, 1.54) is 24.3 Å². The fourth-order valence-electron chi connectivity index (χ4n) is 2.59. The van der Waals surface area contributed by atoms with E-state index in [-0.39, 0.29) is 16.9 Å². The monoisotopic (exact) mass is 332 g/mol. The zero-order valence-electron chi connectivity index (χ0n) is 12.3. The van der Waals surface area contributed by atoms with Crippen molar-refractivity contribution in [2.24, 2.45) is 5.92 Å². The second-order valence-corrected chi connectivity index (χ2v) is 7.25. The fraction of sp³-hybridized carbons (Fsp3) is 0.250. The third-order valence-corrected chi connectivity index (χ3v) is 5.37. The number of benzene rings is 2. The minimum atomic E-state index is -3.98. The Labute approximate surface area is 134 Å². The molecule has 0 radical (unpaired) electrons. The zero-order chi connectivity index (χ0) is 16.4. The van der Waals surface area contributed by atoms with Gasteiger partial charge in [-0.05, 0) is 30.4 Å². The second-order valence-electron chi connectivity index (χ2n) is 5.57. The van der Waals surface area contributed by atoms with E-state index in [0.29, 0.717) is 0 Å². The summed E-state index contributed by atoms with van der Waals surface area (Å²) in [6, 6.07) is 14.3. The van der Waals surface area contributed by atoms with Crippen molar-refractivity contribution in [2.45, 2.75) is 23.8 Å². The quantitative estimate of drug-likeness (QED) is 0.650. The number of hydrogen-bond acceptors (Lipinski definition) is 4. The maximum absolute atomic E-state index is 12.7. The Morgan fingerprint density at radius 2 is 1.65 bits per heavy atom. The highest BCUT2D eigenvalue weighted by Gasteiger charge is 2.36. The van der Waals surface area contributed by atoms with Gasteiger partial charge >= 0.3 is 0 Å². The van der Waals surface area contributed by atoms with Gasteiger partial charge in [0.2, 0.25) is 10.0 Å². The molecule has 1 unspecified atom stereocenters. The lowest BCUT2D eigenvalue weighted by Crippen LogP contribution is -2.30. The molecule has 6 nitrogen and oxygen atoms in total. The summed E-state index contributed by atoms with van der Waals surface area (Å²) in [5.74, 6) is 0.231. The van der Waals surface area contributed by atoms with Crippen molar-refractivity contribution in [3.05, 3.63) is 70.3 Å². The fourth-order valence-corrected chi connectivity index (χ4v) is 4.06. The summed E-state index contributed by atoms with van der Waals surface area (Å²) in [4.78, 5) is 10.1. The minimum absolute atomic E-state index is 0.231. The van der Waals surface area contributed by atoms with Gasteiger partial charge in [-0.1, -0.05) is 42.5 Å². The number of nitro benzene ring substituents is 1. The molecule has 1 saturated carbocycles. The van der Waals surface area contributed by atoms with Crippen molar-refractivity contribution in [1.29, 1.82) is 0 Å². The molecule has 0 heterocycles. The van der Waals surface area contributed by atoms with Gasteiger partial charge in [-0.3, -0.25) is 10.1 Å². The lowest BCUT2D eigenvalue weighted by atomic mass is 10.0. The van der Waals surface area contributed by atoms with Crippen molar-refractivity contribution in [3.8, 4) is 0 Å². The smallest absolute Gasteiger partial charge is 0.258 e. The SMILES string of the molecule is O=[N+]([O-])c1ccccc1S(=O)(=O)NC(c1ccccc1)C1CC1. The summed E-state index contributed by atoms with van der Waals surface area (Å²) in [5.41, 5.74) is 0.458. The first-order valence-electron chi connectivity index (χ1n) is 7.30. The molecule has 2 aromatic rings. The Hall–Kier alpha value is -2.25. The number of hydrogen-bond donors (Lipinski definition) is 1. The number of nitrogens with one attached hydrogen (secondary N) is 1. The number of para-hydroxylation sites is 1. The van der Waals surface area contributed by atoms with Gasteiger partial charge in [-0.25, -0.2) is 13.1 Å². The third kappa shape index (κ3) is 3.40. The lowest BCUT2D eigenvalue weighted by Gasteiger charge is -2.18. The molecule has 1 aliphatic carbocycles. The van der Waals surface area contributed by atoms with E-state index in [9.17, 15) is 18.5 Å². The molecule has 0 amide bonds. The van der Waals surface area contributed by atoms with Crippen molar-refractivity contribution in [1.82, 2.24) is 4.72 Å². The average molecular weight is 332 g/mol. The molecular formula is C16H16N2O4S. The minimum Gasteiger partial charge on any atom is -0.258 e. The lowest BCUT2D eigenvalue weighted by molar-refractivity contribution is -0.387. The first kappa shape index (κ1) is 15.6. The third-order valence-electron chi connectivity index (χ3n) is 3.89. The maximum atomic E-state index is 12.7. The van der Waals surface area contributed by atoms with Crippen LogP contribution < -0.4 is 4.72 Å². The van der Waals surface area contributed by atoms with E-state index in [1.54, 1.807) is 0 Å². The Morgan fingerprint density at radius 1 is 1.04 bits per heavy atom. The van der Waals surface area contributed by atoms with Crippen molar-refractivity contribution >= 4 is 15.7 Å². The highest BCUT2D eigenvalue weighted by Crippen LogP contribution is 2.42. The second kappa shape index (κ2) is 6.10. The van der Waals surface area contributed by atoms with Crippen LogP contribution in [0.1, 0.15) is 24.4 Å². The van der Waals surface area contributed by atoms with Gasteiger partial charge in [0.15, 0.2) is 4.90 Å². The molecule has 1 N–H and O–H groups in total. The number of nitro groups is 1. The van der Waals surface area contributed by atoms with Gasteiger partial charge in [0.25, 0.3) is 5.69 Å². The molecule has 3 rings (SSSR count). The molecule has 1 atom stereocenters. The van der Waals surface area contributed by atoms with Crippen LogP contribution >= 0.6 is 0 Å². The van der Waals surface area contributed by atoms with Gasteiger partial charge < -0.3 is 0 Å². The molecule has 1 fully saturated rings. The highest BCUT2D eigenvalue weighted by molar-refractivity contribution is 7.89. The van der Waals surface area contributed by atoms with Crippen LogP contribution in [0, 0.1) is 16.0 Å². The van der Waals surface area contributed by atoms with Gasteiger partial charge in [0, 0.05) is 12.1 Å². The first-order chi connectivity index (χ1) is 11.0. The summed E-state index contributed by atoms with van der Waals surface area (Å²) in [7, 11) is -3.98. The van der Waals surface area contributed by atoms with Gasteiger partial charge in [0.1, 0.15) is 0 Å². The maximum Gasteiger partial charge on any atom is 0.289 e. The van der Waals surface area contributed by atoms with Crippen LogP contribution in [0.15, 0.2) is 59.5 Å². The molecule has 0 aliphatic heterocycles. The van der Waals surface area contributed by atoms with E-state index in [0.717, 1.165) is 18.4 Å². The number of nitrogens with zero attached hydrogens (tertiary/aromatic N) is 1. The Kier molecular flexibility index (Phi) is 4.14. The van der Waals surface area contributed by atoms with Crippen molar-refractivity contribution < 1.29 is 13.3 Å². The average Bonchev–Trinajstić information content (AvgIpc) is 3.38. The molecule has 2 aromatic carbocycles. The van der Waals surface area contributed by atoms with E-state index in [1.807, 2.05) is 30.3 Å². The Balaban J connectivity index is 1.95. The van der Waals surface area contributed by atoms with Gasteiger partial charge in [-0.2, -0.15) is 0 Å². The van der Waals surface area contributed by atoms with Gasteiger partial charge in [0.05, 0.1) is 4.92 Å². The predicted octanol–water partition coefficient (Wildman–Crippen LogP) is 3.02. The van der Waals surface area contributed by atoms with Crippen LogP contribution in [0.3, 0.4) is 0 Å². The number of sulfonamides is 1. The molecule has 7 heteroatoms. The van der Waals surface area contributed by atoms with Crippen LogP contribution in [0.25, 0.3) is 0 Å². The summed E-state index contributed by atoms with van der Waals surface area (Å²) >= 11 is 0. The zero-order valence-corrected chi connectivity index (χ0v) is 13.1. The van der Waals surface area contributed by atoms with E-state index >= 15 is 0 Å². The van der Waals surface area contributed by atoms with Gasteiger partial charge in [-0.15, -0.1) is 0 Å². The van der Waals surface area contributed by atoms with Crippen LogP contribution in [-0.4, -0.2) is 13.3 Å². The van der Waals surface area contributed by atoms with Crippen LogP contribution in [0.4, 0.5) is 5.69 Å². The Bertz CT molecular complexity index is 817. The van der Waals surface area contributed by atoms with Crippen LogP contribution in [0.5, 0.6) is 0 Å². The summed E-state index contributed by atoms with van der Waals surface area (Å²) in [6.45, 7) is 0. The standard InChI is InChI=1S/C16H16N2O4S/c19-18(20)14-8-4-5-9-15(14)23(21,22)17-16(13-10-11-13)12-6-2-1-3-7-12/h1-9,13,16-17H,10-11H2. The summed E-state index contributed by atoms with van der Waals surface area (Å²) in [6.07, 6.45) is 1.89. The largest absolute Gasteiger partial charge is 0.289 e. The topological polar surface area (TPSA) is 89.3 Å². The molecule has 23 heavy (non-hydrogen) atoms. The molecule has 1 aliphatic rings. The Morgan fingerprint density at radius 3 is 2.26 bits per heavy atom. The highest BCUT2D eigenvalue weighted by atomic mass is 32.2. The predicted molar refractivity (Wildman–Crippen MR) is 85.3 cm³/mol. The molecule has 120 valence electrons. The molecule has 0 bridgehead atoms. The van der Waals surface area contributed by atoms with E-state index in [2.05, 4.69) is 4.72 Å². The first-order valence-corrected chi connectivity index (χ1v) is 8.78. The molecule has 0 saturated heterocycles. The number of rotatable bonds is 6. The molecule has 0 aromatic heterocycles. The summed E-state index contributed by atoms with van der Waals surface area (Å²) in [5, 5.41) is 11.1. The van der Waals surface area contributed by atoms with E-state index in [4.69, 9.17) is 0 Å². The molecule has 0 spiro atoms. The van der Waals surface area contributed by atoms with Crippen molar-refractivity contribution in [3.63, 3.8) is 0 Å². The molecular weight excluding hydrogens is 316 g/mol.